The minimum absolute atomic E-state index is 0.194. The first-order chi connectivity index (χ1) is 13.9. The Morgan fingerprint density at radius 2 is 1.41 bits per heavy atom. The first-order valence-corrected chi connectivity index (χ1v) is 9.59. The van der Waals surface area contributed by atoms with E-state index in [0.717, 1.165) is 22.3 Å². The number of rotatable bonds is 6. The molecular formula is C24H21ClO4. The molecule has 0 saturated heterocycles. The van der Waals surface area contributed by atoms with Crippen molar-refractivity contribution in [2.24, 2.45) is 0 Å². The van der Waals surface area contributed by atoms with Gasteiger partial charge in [0.1, 0.15) is 12.7 Å². The number of ether oxygens (including phenoxy) is 2. The number of hydrogen-bond acceptors (Lipinski definition) is 4. The number of hydrogen-bond donors (Lipinski definition) is 0. The Kier molecular flexibility index (Phi) is 6.68. The normalized spacial score (nSPS) is 11.6. The number of benzene rings is 3. The number of carbonyl (C=O) groups excluding carboxylic acids is 2. The summed E-state index contributed by atoms with van der Waals surface area (Å²) in [5.41, 5.74) is 4.27. The Balaban J connectivity index is 1.62. The van der Waals surface area contributed by atoms with Crippen molar-refractivity contribution in [3.63, 3.8) is 0 Å². The Morgan fingerprint density at radius 1 is 0.862 bits per heavy atom. The molecule has 29 heavy (non-hydrogen) atoms. The molecule has 1 unspecified atom stereocenters. The van der Waals surface area contributed by atoms with Gasteiger partial charge >= 0.3 is 11.9 Å². The van der Waals surface area contributed by atoms with E-state index in [0.29, 0.717) is 10.6 Å². The average Bonchev–Trinajstić information content (AvgIpc) is 2.73. The molecule has 3 aromatic rings. The molecule has 148 valence electrons. The van der Waals surface area contributed by atoms with E-state index >= 15 is 0 Å². The molecule has 0 saturated carbocycles. The van der Waals surface area contributed by atoms with Crippen molar-refractivity contribution in [2.75, 3.05) is 0 Å². The van der Waals surface area contributed by atoms with Crippen molar-refractivity contribution in [2.45, 2.75) is 26.6 Å². The van der Waals surface area contributed by atoms with E-state index in [2.05, 4.69) is 0 Å². The lowest BCUT2D eigenvalue weighted by molar-refractivity contribution is -0.145. The van der Waals surface area contributed by atoms with E-state index in [-0.39, 0.29) is 24.6 Å². The molecule has 4 nitrogen and oxygen atoms in total. The highest BCUT2D eigenvalue weighted by atomic mass is 35.5. The van der Waals surface area contributed by atoms with Crippen LogP contribution in [0.2, 0.25) is 5.02 Å². The van der Waals surface area contributed by atoms with Crippen LogP contribution in [0.1, 0.15) is 41.4 Å². The minimum atomic E-state index is -0.378. The van der Waals surface area contributed by atoms with Crippen LogP contribution < -0.4 is 0 Å². The first-order valence-electron chi connectivity index (χ1n) is 9.21. The van der Waals surface area contributed by atoms with Gasteiger partial charge in [-0.1, -0.05) is 60.1 Å². The fraction of sp³-hybridized carbons (Fsp3) is 0.167. The van der Waals surface area contributed by atoms with Crippen LogP contribution in [-0.2, 0) is 20.9 Å². The van der Waals surface area contributed by atoms with Crippen LogP contribution >= 0.6 is 11.6 Å². The van der Waals surface area contributed by atoms with Gasteiger partial charge in [-0.15, -0.1) is 0 Å². The Morgan fingerprint density at radius 3 is 1.97 bits per heavy atom. The van der Waals surface area contributed by atoms with Crippen LogP contribution in [0.25, 0.3) is 11.1 Å². The van der Waals surface area contributed by atoms with E-state index < -0.39 is 0 Å². The molecule has 0 heterocycles. The highest BCUT2D eigenvalue weighted by molar-refractivity contribution is 6.30. The van der Waals surface area contributed by atoms with Crippen molar-refractivity contribution in [3.05, 3.63) is 94.5 Å². The van der Waals surface area contributed by atoms with Crippen LogP contribution in [0.4, 0.5) is 0 Å². The van der Waals surface area contributed by atoms with Gasteiger partial charge in [0.2, 0.25) is 0 Å². The fourth-order valence-corrected chi connectivity index (χ4v) is 3.00. The molecule has 0 amide bonds. The third kappa shape index (κ3) is 5.69. The van der Waals surface area contributed by atoms with Crippen molar-refractivity contribution in [3.8, 4) is 11.1 Å². The third-order valence-corrected chi connectivity index (χ3v) is 4.71. The summed E-state index contributed by atoms with van der Waals surface area (Å²) < 4.78 is 10.5. The summed E-state index contributed by atoms with van der Waals surface area (Å²) in [4.78, 5) is 23.3. The summed E-state index contributed by atoms with van der Waals surface area (Å²) in [6, 6.07) is 22.2. The Hall–Kier alpha value is -3.11. The van der Waals surface area contributed by atoms with Crippen LogP contribution in [0.5, 0.6) is 0 Å². The summed E-state index contributed by atoms with van der Waals surface area (Å²) in [5, 5.41) is 0.643. The van der Waals surface area contributed by atoms with Gasteiger partial charge in [-0.05, 0) is 53.4 Å². The Bertz CT molecular complexity index is 977. The maximum absolute atomic E-state index is 12.3. The molecular weight excluding hydrogens is 388 g/mol. The summed E-state index contributed by atoms with van der Waals surface area (Å²) in [7, 11) is 0. The van der Waals surface area contributed by atoms with Crippen LogP contribution in [0, 0.1) is 0 Å². The van der Waals surface area contributed by atoms with Gasteiger partial charge in [0.15, 0.2) is 0 Å². The smallest absolute Gasteiger partial charge is 0.338 e. The highest BCUT2D eigenvalue weighted by Crippen LogP contribution is 2.24. The van der Waals surface area contributed by atoms with Gasteiger partial charge in [0.05, 0.1) is 5.56 Å². The summed E-state index contributed by atoms with van der Waals surface area (Å²) >= 11 is 5.85. The van der Waals surface area contributed by atoms with E-state index in [1.54, 1.807) is 24.3 Å². The van der Waals surface area contributed by atoms with Crippen LogP contribution in [-0.4, -0.2) is 11.9 Å². The van der Waals surface area contributed by atoms with Crippen LogP contribution in [0.3, 0.4) is 0 Å². The van der Waals surface area contributed by atoms with Gasteiger partial charge < -0.3 is 9.47 Å². The van der Waals surface area contributed by atoms with Gasteiger partial charge in [0.25, 0.3) is 0 Å². The second kappa shape index (κ2) is 9.39. The molecule has 5 heteroatoms. The maximum atomic E-state index is 12.3. The van der Waals surface area contributed by atoms with Gasteiger partial charge in [-0.2, -0.15) is 0 Å². The Labute approximate surface area is 175 Å². The zero-order valence-electron chi connectivity index (χ0n) is 16.2. The zero-order chi connectivity index (χ0) is 20.8. The molecule has 0 radical (unpaired) electrons. The second-order valence-electron chi connectivity index (χ2n) is 6.65. The molecule has 0 N–H and O–H groups in total. The molecule has 0 fully saturated rings. The summed E-state index contributed by atoms with van der Waals surface area (Å²) in [6.07, 6.45) is -0.292. The van der Waals surface area contributed by atoms with Crippen molar-refractivity contribution < 1.29 is 19.1 Å². The zero-order valence-corrected chi connectivity index (χ0v) is 17.0. The van der Waals surface area contributed by atoms with E-state index in [9.17, 15) is 9.59 Å². The molecule has 3 rings (SSSR count). The van der Waals surface area contributed by atoms with Gasteiger partial charge in [-0.25, -0.2) is 4.79 Å². The van der Waals surface area contributed by atoms with Gasteiger partial charge in [-0.3, -0.25) is 4.79 Å². The molecule has 0 aliphatic rings. The van der Waals surface area contributed by atoms with E-state index in [1.165, 1.54) is 6.92 Å². The first kappa shape index (κ1) is 20.6. The SMILES string of the molecule is CC(=O)OC(C)c1ccc(-c2ccc(C(=O)OCc3ccc(Cl)cc3)cc2)cc1. The molecule has 0 aliphatic carbocycles. The summed E-state index contributed by atoms with van der Waals surface area (Å²) in [6.45, 7) is 3.42. The monoisotopic (exact) mass is 408 g/mol. The standard InChI is InChI=1S/C24H21ClO4/c1-16(29-17(2)26)19-5-7-20(8-6-19)21-9-11-22(12-10-21)24(27)28-15-18-3-13-23(25)14-4-18/h3-14,16H,15H2,1-2H3. The molecule has 0 spiro atoms. The summed E-state index contributed by atoms with van der Waals surface area (Å²) in [5.74, 6) is -0.683. The molecule has 1 atom stereocenters. The predicted octanol–water partition coefficient (Wildman–Crippen LogP) is 5.99. The van der Waals surface area contributed by atoms with Crippen molar-refractivity contribution in [1.82, 2.24) is 0 Å². The number of halogens is 1. The topological polar surface area (TPSA) is 52.6 Å². The third-order valence-electron chi connectivity index (χ3n) is 4.46. The second-order valence-corrected chi connectivity index (χ2v) is 7.09. The molecule has 0 aromatic heterocycles. The lowest BCUT2D eigenvalue weighted by Crippen LogP contribution is -2.05. The van der Waals surface area contributed by atoms with E-state index in [1.807, 2.05) is 55.5 Å². The lowest BCUT2D eigenvalue weighted by Gasteiger charge is -2.12. The fourth-order valence-electron chi connectivity index (χ4n) is 2.88. The number of carbonyl (C=O) groups is 2. The lowest BCUT2D eigenvalue weighted by atomic mass is 10.0. The molecule has 0 aliphatic heterocycles. The molecule has 0 bridgehead atoms. The van der Waals surface area contributed by atoms with Crippen molar-refractivity contribution in [1.29, 1.82) is 0 Å². The quantitative estimate of drug-likeness (QED) is 0.470. The number of esters is 2. The maximum Gasteiger partial charge on any atom is 0.338 e. The molecule has 3 aromatic carbocycles. The van der Waals surface area contributed by atoms with E-state index in [4.69, 9.17) is 21.1 Å². The largest absolute Gasteiger partial charge is 0.458 e. The highest BCUT2D eigenvalue weighted by Gasteiger charge is 2.10. The average molecular weight is 409 g/mol. The predicted molar refractivity (Wildman–Crippen MR) is 113 cm³/mol. The minimum Gasteiger partial charge on any atom is -0.458 e. The van der Waals surface area contributed by atoms with Gasteiger partial charge in [0, 0.05) is 11.9 Å². The van der Waals surface area contributed by atoms with Crippen LogP contribution in [0.15, 0.2) is 72.8 Å². The van der Waals surface area contributed by atoms with Crippen molar-refractivity contribution >= 4 is 23.5 Å².